The molecule has 0 amide bonds. The van der Waals surface area contributed by atoms with E-state index in [9.17, 15) is 4.79 Å². The summed E-state index contributed by atoms with van der Waals surface area (Å²) in [5, 5.41) is 13.9. The van der Waals surface area contributed by atoms with Crippen molar-refractivity contribution in [2.24, 2.45) is 0 Å². The molecule has 0 bridgehead atoms. The molecule has 0 saturated heterocycles. The van der Waals surface area contributed by atoms with Crippen LogP contribution in [0.15, 0.2) is 59.4 Å². The van der Waals surface area contributed by atoms with E-state index < -0.39 is 0 Å². The zero-order chi connectivity index (χ0) is 25.0. The molecule has 0 spiro atoms. The number of benzene rings is 2. The lowest BCUT2D eigenvalue weighted by molar-refractivity contribution is 0.160. The Morgan fingerprint density at radius 3 is 2.57 bits per heavy atom. The second-order valence-corrected chi connectivity index (χ2v) is 9.96. The summed E-state index contributed by atoms with van der Waals surface area (Å²) in [6.45, 7) is 12.0. The van der Waals surface area contributed by atoms with E-state index in [0.717, 1.165) is 53.7 Å². The minimum Gasteiger partial charge on any atom is -0.322 e. The van der Waals surface area contributed by atoms with Gasteiger partial charge in [-0.3, -0.25) is 9.69 Å². The number of pyridine rings is 1. The van der Waals surface area contributed by atoms with Crippen molar-refractivity contribution in [3.63, 3.8) is 0 Å². The van der Waals surface area contributed by atoms with Crippen LogP contribution in [0.2, 0.25) is 0 Å². The van der Waals surface area contributed by atoms with Gasteiger partial charge in [-0.2, -0.15) is 0 Å². The smallest absolute Gasteiger partial charge is 0.252 e. The molecule has 0 aliphatic rings. The molecule has 0 aliphatic heterocycles. The number of aromatic nitrogens is 5. The van der Waals surface area contributed by atoms with Crippen molar-refractivity contribution in [2.45, 2.75) is 72.0 Å². The van der Waals surface area contributed by atoms with Crippen LogP contribution in [0.3, 0.4) is 0 Å². The first-order valence-corrected chi connectivity index (χ1v) is 12.5. The predicted octanol–water partition coefficient (Wildman–Crippen LogP) is 5.16. The Labute approximate surface area is 207 Å². The summed E-state index contributed by atoms with van der Waals surface area (Å²) in [6.07, 6.45) is 2.62. The number of fused-ring (bicyclic) bond motifs is 1. The third-order valence-electron chi connectivity index (χ3n) is 7.04. The summed E-state index contributed by atoms with van der Waals surface area (Å²) in [4.78, 5) is 18.5. The maximum atomic E-state index is 13.1. The average Bonchev–Trinajstić information content (AvgIpc) is 3.34. The van der Waals surface area contributed by atoms with E-state index in [2.05, 4.69) is 89.5 Å². The Balaban J connectivity index is 1.72. The van der Waals surface area contributed by atoms with Crippen LogP contribution in [0.1, 0.15) is 69.1 Å². The van der Waals surface area contributed by atoms with Gasteiger partial charge in [-0.15, -0.1) is 5.10 Å². The van der Waals surface area contributed by atoms with Crippen LogP contribution in [0, 0.1) is 6.92 Å². The van der Waals surface area contributed by atoms with E-state index in [0.29, 0.717) is 6.54 Å². The number of H-pyrrole nitrogens is 1. The predicted molar refractivity (Wildman–Crippen MR) is 140 cm³/mol. The largest absolute Gasteiger partial charge is 0.322 e. The number of aromatic amines is 1. The van der Waals surface area contributed by atoms with Crippen molar-refractivity contribution < 1.29 is 0 Å². The Bertz CT molecular complexity index is 1320. The molecule has 1 atom stereocenters. The molecule has 0 fully saturated rings. The van der Waals surface area contributed by atoms with E-state index >= 15 is 0 Å². The second-order valence-electron chi connectivity index (χ2n) is 9.96. The molecule has 4 rings (SSSR count). The van der Waals surface area contributed by atoms with Gasteiger partial charge >= 0.3 is 0 Å². The van der Waals surface area contributed by atoms with Crippen LogP contribution < -0.4 is 5.56 Å². The maximum absolute atomic E-state index is 13.1. The van der Waals surface area contributed by atoms with Crippen molar-refractivity contribution >= 4 is 10.9 Å². The van der Waals surface area contributed by atoms with Gasteiger partial charge < -0.3 is 4.98 Å². The fraction of sp³-hybridized carbons (Fsp3) is 0.429. The molecule has 7 nitrogen and oxygen atoms in total. The van der Waals surface area contributed by atoms with Crippen LogP contribution in [0.4, 0.5) is 0 Å². The first-order valence-electron chi connectivity index (χ1n) is 12.5. The second kappa shape index (κ2) is 10.5. The Kier molecular flexibility index (Phi) is 7.45. The fourth-order valence-electron chi connectivity index (χ4n) is 4.55. The van der Waals surface area contributed by atoms with Crippen LogP contribution in [-0.4, -0.2) is 36.6 Å². The molecule has 7 heteroatoms. The average molecular weight is 473 g/mol. The number of rotatable bonds is 10. The van der Waals surface area contributed by atoms with Crippen molar-refractivity contribution in [1.29, 1.82) is 0 Å². The molecular formula is C28H36N6O. The van der Waals surface area contributed by atoms with Crippen molar-refractivity contribution in [2.75, 3.05) is 6.54 Å². The summed E-state index contributed by atoms with van der Waals surface area (Å²) in [7, 11) is 0. The molecule has 2 aromatic carbocycles. The van der Waals surface area contributed by atoms with E-state index in [1.165, 1.54) is 5.56 Å². The van der Waals surface area contributed by atoms with Crippen LogP contribution in [0.25, 0.3) is 10.9 Å². The van der Waals surface area contributed by atoms with Crippen LogP contribution >= 0.6 is 0 Å². The van der Waals surface area contributed by atoms with Gasteiger partial charge in [0.15, 0.2) is 5.82 Å². The standard InChI is InChI=1S/C28H36N6O/c1-6-25(26-30-31-32-34(26)28(4,5)7-2)33(16-15-21-11-9-8-10-12-21)19-23-18-22-14-13-20(3)17-24(22)29-27(23)35/h8-14,17-18,25H,6-7,15-16,19H2,1-5H3,(H,29,35). The number of tetrazole rings is 1. The summed E-state index contributed by atoms with van der Waals surface area (Å²) in [5.41, 5.74) is 3.77. The zero-order valence-electron chi connectivity index (χ0n) is 21.5. The zero-order valence-corrected chi connectivity index (χ0v) is 21.5. The van der Waals surface area contributed by atoms with Crippen molar-refractivity contribution in [3.05, 3.63) is 87.5 Å². The third kappa shape index (κ3) is 5.51. The SMILES string of the molecule is CCC(c1nnnn1C(C)(C)CC)N(CCc1ccccc1)Cc1cc2ccc(C)cc2[nH]c1=O. The molecule has 4 aromatic rings. The lowest BCUT2D eigenvalue weighted by Crippen LogP contribution is -2.37. The third-order valence-corrected chi connectivity index (χ3v) is 7.04. The first-order chi connectivity index (χ1) is 16.8. The number of nitrogens with one attached hydrogen (secondary N) is 1. The lowest BCUT2D eigenvalue weighted by Gasteiger charge is -2.33. The Morgan fingerprint density at radius 2 is 1.86 bits per heavy atom. The van der Waals surface area contributed by atoms with E-state index in [1.807, 2.05) is 29.8 Å². The molecule has 35 heavy (non-hydrogen) atoms. The maximum Gasteiger partial charge on any atom is 0.252 e. The number of hydrogen-bond acceptors (Lipinski definition) is 5. The minimum absolute atomic E-state index is 0.0207. The highest BCUT2D eigenvalue weighted by Gasteiger charge is 2.30. The van der Waals surface area contributed by atoms with E-state index in [1.54, 1.807) is 0 Å². The number of hydrogen-bond donors (Lipinski definition) is 1. The molecule has 0 radical (unpaired) electrons. The Hall–Kier alpha value is -3.32. The minimum atomic E-state index is -0.199. The quantitative estimate of drug-likeness (QED) is 0.345. The highest BCUT2D eigenvalue weighted by atomic mass is 16.1. The highest BCUT2D eigenvalue weighted by molar-refractivity contribution is 5.79. The fourth-order valence-corrected chi connectivity index (χ4v) is 4.55. The van der Waals surface area contributed by atoms with Gasteiger partial charge in [0.05, 0.1) is 11.6 Å². The molecule has 0 aliphatic carbocycles. The van der Waals surface area contributed by atoms with Gasteiger partial charge in [-0.1, -0.05) is 56.3 Å². The summed E-state index contributed by atoms with van der Waals surface area (Å²) < 4.78 is 1.96. The molecule has 2 aromatic heterocycles. The number of aryl methyl sites for hydroxylation is 1. The summed E-state index contributed by atoms with van der Waals surface area (Å²) in [5.74, 6) is 0.847. The van der Waals surface area contributed by atoms with Gasteiger partial charge in [0.1, 0.15) is 0 Å². The van der Waals surface area contributed by atoms with E-state index in [4.69, 9.17) is 0 Å². The number of nitrogens with zero attached hydrogens (tertiary/aromatic N) is 5. The molecule has 1 N–H and O–H groups in total. The molecule has 1 unspecified atom stereocenters. The molecule has 2 heterocycles. The van der Waals surface area contributed by atoms with E-state index in [-0.39, 0.29) is 17.1 Å². The van der Waals surface area contributed by atoms with Crippen molar-refractivity contribution in [3.8, 4) is 0 Å². The van der Waals surface area contributed by atoms with Gasteiger partial charge in [0.2, 0.25) is 0 Å². The lowest BCUT2D eigenvalue weighted by atomic mass is 10.0. The topological polar surface area (TPSA) is 79.7 Å². The normalized spacial score (nSPS) is 13.0. The Morgan fingerprint density at radius 1 is 1.09 bits per heavy atom. The molecular weight excluding hydrogens is 436 g/mol. The summed E-state index contributed by atoms with van der Waals surface area (Å²) in [6, 6.07) is 18.6. The molecule has 184 valence electrons. The first kappa shape index (κ1) is 24.8. The molecule has 0 saturated carbocycles. The highest BCUT2D eigenvalue weighted by Crippen LogP contribution is 2.29. The van der Waals surface area contributed by atoms with Gasteiger partial charge in [-0.25, -0.2) is 4.68 Å². The van der Waals surface area contributed by atoms with Crippen LogP contribution in [-0.2, 0) is 18.5 Å². The van der Waals surface area contributed by atoms with Crippen molar-refractivity contribution in [1.82, 2.24) is 30.1 Å². The summed E-state index contributed by atoms with van der Waals surface area (Å²) >= 11 is 0. The van der Waals surface area contributed by atoms with Gasteiger partial charge in [0.25, 0.3) is 5.56 Å². The van der Waals surface area contributed by atoms with Crippen LogP contribution in [0.5, 0.6) is 0 Å². The van der Waals surface area contributed by atoms with Gasteiger partial charge in [0, 0.05) is 24.2 Å². The van der Waals surface area contributed by atoms with Gasteiger partial charge in [-0.05, 0) is 79.1 Å². The monoisotopic (exact) mass is 472 g/mol.